The van der Waals surface area contributed by atoms with Crippen molar-refractivity contribution < 1.29 is 4.79 Å². The molecule has 0 saturated heterocycles. The Morgan fingerprint density at radius 1 is 0.647 bits per heavy atom. The number of amides is 2. The first-order valence-electron chi connectivity index (χ1n) is 16.9. The molecule has 12 heteroatoms. The zero-order valence-corrected chi connectivity index (χ0v) is 28.5. The van der Waals surface area contributed by atoms with Crippen LogP contribution >= 0.6 is 0 Å². The number of hydrogen-bond acceptors (Lipinski definition) is 6. The lowest BCUT2D eigenvalue weighted by atomic mass is 9.99. The number of rotatable bonds is 10. The topological polar surface area (TPSA) is 168 Å². The summed E-state index contributed by atoms with van der Waals surface area (Å²) in [5, 5.41) is 23.9. The van der Waals surface area contributed by atoms with Crippen molar-refractivity contribution >= 4 is 45.4 Å². The Balaban J connectivity index is 0.901. The van der Waals surface area contributed by atoms with Crippen LogP contribution in [-0.2, 0) is 12.8 Å². The number of fused-ring (bicyclic) bond motifs is 2. The third kappa shape index (κ3) is 6.92. The van der Waals surface area contributed by atoms with Crippen molar-refractivity contribution in [2.24, 2.45) is 0 Å². The van der Waals surface area contributed by atoms with Gasteiger partial charge >= 0.3 is 6.03 Å². The SMILES string of the molecule is Cc1cc2nc(-c3cc(NC(=O)Nc4cccc(Cc5cc6nc(-c7cc(NCCc8ccccc8)n[nH]7)[nH]c6cc5C)c4)n[nH]3)[nH]c2cc1C. The molecule has 12 nitrogen and oxygen atoms in total. The zero-order chi connectivity index (χ0) is 34.9. The summed E-state index contributed by atoms with van der Waals surface area (Å²) in [6.45, 7) is 7.02. The molecule has 4 aromatic carbocycles. The van der Waals surface area contributed by atoms with Gasteiger partial charge in [0.05, 0.1) is 22.1 Å². The number of anilines is 3. The van der Waals surface area contributed by atoms with Gasteiger partial charge in [-0.25, -0.2) is 14.8 Å². The predicted molar refractivity (Wildman–Crippen MR) is 202 cm³/mol. The molecule has 4 aromatic heterocycles. The maximum Gasteiger partial charge on any atom is 0.324 e. The van der Waals surface area contributed by atoms with Gasteiger partial charge in [-0.3, -0.25) is 15.5 Å². The summed E-state index contributed by atoms with van der Waals surface area (Å²) < 4.78 is 0. The van der Waals surface area contributed by atoms with Crippen molar-refractivity contribution in [3.8, 4) is 23.0 Å². The van der Waals surface area contributed by atoms with Crippen LogP contribution in [0.3, 0.4) is 0 Å². The van der Waals surface area contributed by atoms with Crippen molar-refractivity contribution in [3.05, 3.63) is 124 Å². The van der Waals surface area contributed by atoms with Crippen LogP contribution in [0.5, 0.6) is 0 Å². The molecule has 0 atom stereocenters. The molecule has 0 radical (unpaired) electrons. The molecular formula is C39H37N11O. The van der Waals surface area contributed by atoms with Crippen LogP contribution < -0.4 is 16.0 Å². The van der Waals surface area contributed by atoms with E-state index in [1.165, 1.54) is 16.7 Å². The first kappa shape index (κ1) is 31.6. The first-order valence-corrected chi connectivity index (χ1v) is 16.9. The highest BCUT2D eigenvalue weighted by molar-refractivity contribution is 5.99. The summed E-state index contributed by atoms with van der Waals surface area (Å²) in [6, 6.07) is 29.9. The van der Waals surface area contributed by atoms with E-state index >= 15 is 0 Å². The minimum Gasteiger partial charge on any atom is -0.368 e. The summed E-state index contributed by atoms with van der Waals surface area (Å²) in [7, 11) is 0. The number of carbonyl (C=O) groups excluding carboxylic acids is 1. The maximum absolute atomic E-state index is 12.9. The van der Waals surface area contributed by atoms with Crippen LogP contribution in [0, 0.1) is 20.8 Å². The first-order chi connectivity index (χ1) is 24.8. The Morgan fingerprint density at radius 3 is 2.06 bits per heavy atom. The average molecular weight is 676 g/mol. The summed E-state index contributed by atoms with van der Waals surface area (Å²) in [4.78, 5) is 29.2. The molecule has 0 aliphatic rings. The molecule has 0 unspecified atom stereocenters. The molecule has 7 N–H and O–H groups in total. The van der Waals surface area contributed by atoms with E-state index in [1.807, 2.05) is 30.3 Å². The number of urea groups is 1. The third-order valence-corrected chi connectivity index (χ3v) is 9.09. The monoisotopic (exact) mass is 675 g/mol. The van der Waals surface area contributed by atoms with Gasteiger partial charge in [0.1, 0.15) is 17.2 Å². The summed E-state index contributed by atoms with van der Waals surface area (Å²) in [5.74, 6) is 2.55. The highest BCUT2D eigenvalue weighted by atomic mass is 16.2. The minimum absolute atomic E-state index is 0.388. The van der Waals surface area contributed by atoms with Gasteiger partial charge in [-0.1, -0.05) is 42.5 Å². The summed E-state index contributed by atoms with van der Waals surface area (Å²) >= 11 is 0. The highest BCUT2D eigenvalue weighted by Crippen LogP contribution is 2.27. The van der Waals surface area contributed by atoms with Gasteiger partial charge in [-0.05, 0) is 103 Å². The number of carbonyl (C=O) groups is 1. The quantitative estimate of drug-likeness (QED) is 0.0774. The van der Waals surface area contributed by atoms with Crippen molar-refractivity contribution in [2.75, 3.05) is 22.5 Å². The molecular weight excluding hydrogens is 639 g/mol. The molecule has 0 spiro atoms. The van der Waals surface area contributed by atoms with Gasteiger partial charge < -0.3 is 20.6 Å². The van der Waals surface area contributed by atoms with Crippen molar-refractivity contribution in [1.82, 2.24) is 40.3 Å². The molecule has 0 bridgehead atoms. The van der Waals surface area contributed by atoms with Crippen molar-refractivity contribution in [2.45, 2.75) is 33.6 Å². The van der Waals surface area contributed by atoms with Gasteiger partial charge in [0.2, 0.25) is 0 Å². The van der Waals surface area contributed by atoms with Crippen molar-refractivity contribution in [1.29, 1.82) is 0 Å². The van der Waals surface area contributed by atoms with E-state index < -0.39 is 6.03 Å². The van der Waals surface area contributed by atoms with Gasteiger partial charge in [0.25, 0.3) is 0 Å². The number of aromatic amines is 4. The second-order valence-corrected chi connectivity index (χ2v) is 12.9. The molecule has 2 amide bonds. The van der Waals surface area contributed by atoms with Gasteiger partial charge in [0, 0.05) is 24.4 Å². The number of aryl methyl sites for hydroxylation is 3. The van der Waals surface area contributed by atoms with E-state index in [0.29, 0.717) is 29.4 Å². The standard InChI is InChI=1S/C39H37N11O/c1-22-14-29-30(15-23(22)2)43-38(42-29)34-21-36(50-48-34)46-39(51)41-28-11-7-10-26(18-28)17-27-19-32-31(16-24(27)3)44-37(45-32)33-20-35(49-47-33)40-13-12-25-8-5-4-6-9-25/h4-11,14-16,18-21H,12-13,17H2,1-3H3,(H,42,43)(H,44,45)(H2,40,47,49)(H3,41,46,48,50,51). The molecule has 8 aromatic rings. The molecule has 254 valence electrons. The van der Waals surface area contributed by atoms with Crippen LogP contribution in [0.15, 0.2) is 91.0 Å². The molecule has 51 heavy (non-hydrogen) atoms. The minimum atomic E-state index is -0.393. The normalized spacial score (nSPS) is 11.4. The second-order valence-electron chi connectivity index (χ2n) is 12.9. The number of aromatic nitrogens is 8. The molecule has 4 heterocycles. The molecule has 0 fully saturated rings. The second kappa shape index (κ2) is 13.3. The number of nitrogens with one attached hydrogen (secondary N) is 7. The Hall–Kier alpha value is -6.69. The van der Waals surface area contributed by atoms with E-state index in [2.05, 4.69) is 127 Å². The summed E-state index contributed by atoms with van der Waals surface area (Å²) in [6.07, 6.45) is 1.60. The highest BCUT2D eigenvalue weighted by Gasteiger charge is 2.14. The smallest absolute Gasteiger partial charge is 0.324 e. The lowest BCUT2D eigenvalue weighted by molar-refractivity contribution is 0.262. The Morgan fingerprint density at radius 2 is 1.29 bits per heavy atom. The van der Waals surface area contributed by atoms with Crippen LogP contribution in [0.4, 0.5) is 22.1 Å². The molecule has 0 aliphatic carbocycles. The van der Waals surface area contributed by atoms with Gasteiger partial charge in [-0.2, -0.15) is 10.2 Å². The fraction of sp³-hybridized carbons (Fsp3) is 0.154. The van der Waals surface area contributed by atoms with Crippen LogP contribution in [-0.4, -0.2) is 52.9 Å². The van der Waals surface area contributed by atoms with Crippen LogP contribution in [0.2, 0.25) is 0 Å². The number of H-pyrrole nitrogens is 4. The van der Waals surface area contributed by atoms with E-state index in [0.717, 1.165) is 69.1 Å². The molecule has 0 saturated carbocycles. The zero-order valence-electron chi connectivity index (χ0n) is 28.5. The number of benzene rings is 4. The average Bonchev–Trinajstić information content (AvgIpc) is 3.93. The number of nitrogens with zero attached hydrogens (tertiary/aromatic N) is 4. The lowest BCUT2D eigenvalue weighted by Crippen LogP contribution is -2.19. The van der Waals surface area contributed by atoms with E-state index in [-0.39, 0.29) is 0 Å². The molecule has 8 rings (SSSR count). The Kier molecular flexibility index (Phi) is 8.24. The van der Waals surface area contributed by atoms with Crippen LogP contribution in [0.1, 0.15) is 33.4 Å². The number of imidazole rings is 2. The Labute approximate surface area is 293 Å². The fourth-order valence-corrected chi connectivity index (χ4v) is 6.20. The van der Waals surface area contributed by atoms with Gasteiger partial charge in [-0.15, -0.1) is 0 Å². The largest absolute Gasteiger partial charge is 0.368 e. The van der Waals surface area contributed by atoms with E-state index in [1.54, 1.807) is 6.07 Å². The third-order valence-electron chi connectivity index (χ3n) is 9.09. The Bertz CT molecular complexity index is 2460. The van der Waals surface area contributed by atoms with Crippen LogP contribution in [0.25, 0.3) is 45.1 Å². The summed E-state index contributed by atoms with van der Waals surface area (Å²) in [5.41, 5.74) is 12.8. The maximum atomic E-state index is 12.9. The molecule has 0 aliphatic heterocycles. The lowest BCUT2D eigenvalue weighted by Gasteiger charge is -2.09. The predicted octanol–water partition coefficient (Wildman–Crippen LogP) is 8.03. The number of hydrogen-bond donors (Lipinski definition) is 7. The van der Waals surface area contributed by atoms with E-state index in [9.17, 15) is 4.79 Å². The van der Waals surface area contributed by atoms with Gasteiger partial charge in [0.15, 0.2) is 17.5 Å². The van der Waals surface area contributed by atoms with E-state index in [4.69, 9.17) is 4.98 Å². The van der Waals surface area contributed by atoms with Crippen molar-refractivity contribution in [3.63, 3.8) is 0 Å². The fourth-order valence-electron chi connectivity index (χ4n) is 6.20.